The van der Waals surface area contributed by atoms with Gasteiger partial charge in [0.1, 0.15) is 0 Å². The van der Waals surface area contributed by atoms with E-state index in [1.54, 1.807) is 0 Å². The molecular weight excluding hydrogens is 240 g/mol. The Morgan fingerprint density at radius 3 is 2.63 bits per heavy atom. The Labute approximate surface area is 115 Å². The summed E-state index contributed by atoms with van der Waals surface area (Å²) < 4.78 is 0. The third kappa shape index (κ3) is 2.99. The van der Waals surface area contributed by atoms with Crippen LogP contribution in [0, 0.1) is 5.92 Å². The summed E-state index contributed by atoms with van der Waals surface area (Å²) in [5.41, 5.74) is 0. The minimum atomic E-state index is -0.285. The van der Waals surface area contributed by atoms with Gasteiger partial charge in [-0.1, -0.05) is 26.7 Å². The molecule has 19 heavy (non-hydrogen) atoms. The smallest absolute Gasteiger partial charge is 0.247 e. The van der Waals surface area contributed by atoms with Crippen molar-refractivity contribution in [3.8, 4) is 0 Å². The number of hydrogen-bond donors (Lipinski definition) is 1. The van der Waals surface area contributed by atoms with E-state index in [1.165, 1.54) is 24.2 Å². The van der Waals surface area contributed by atoms with E-state index < -0.39 is 0 Å². The van der Waals surface area contributed by atoms with Gasteiger partial charge in [0.25, 0.3) is 0 Å². The quantitative estimate of drug-likeness (QED) is 0.793. The predicted octanol–water partition coefficient (Wildman–Crippen LogP) is 2.08. The van der Waals surface area contributed by atoms with Gasteiger partial charge in [0, 0.05) is 12.1 Å². The molecule has 0 aromatic heterocycles. The zero-order valence-corrected chi connectivity index (χ0v) is 12.3. The minimum Gasteiger partial charge on any atom is -0.302 e. The number of imide groups is 1. The van der Waals surface area contributed by atoms with Gasteiger partial charge in [0.05, 0.1) is 12.5 Å². The Morgan fingerprint density at radius 2 is 2.00 bits per heavy atom. The van der Waals surface area contributed by atoms with Crippen LogP contribution < -0.4 is 5.32 Å². The summed E-state index contributed by atoms with van der Waals surface area (Å²) in [6, 6.07) is 0.134. The number of carbonyl (C=O) groups is 2. The first-order chi connectivity index (χ1) is 9.04. The van der Waals surface area contributed by atoms with Crippen molar-refractivity contribution < 1.29 is 9.59 Å². The lowest BCUT2D eigenvalue weighted by molar-refractivity contribution is -0.141. The van der Waals surface area contributed by atoms with Crippen LogP contribution >= 0.6 is 0 Å². The van der Waals surface area contributed by atoms with Crippen LogP contribution in [0.15, 0.2) is 0 Å². The van der Waals surface area contributed by atoms with E-state index in [9.17, 15) is 9.59 Å². The minimum absolute atomic E-state index is 0.0136. The molecule has 4 heteroatoms. The summed E-state index contributed by atoms with van der Waals surface area (Å²) in [5.74, 6) is 0.576. The second kappa shape index (κ2) is 6.04. The van der Waals surface area contributed by atoms with Crippen LogP contribution in [0.25, 0.3) is 0 Å². The van der Waals surface area contributed by atoms with Crippen LogP contribution in [0.1, 0.15) is 59.3 Å². The van der Waals surface area contributed by atoms with Gasteiger partial charge in [0.15, 0.2) is 0 Å². The molecule has 1 aliphatic heterocycles. The first-order valence-electron chi connectivity index (χ1n) is 7.66. The number of amides is 2. The molecule has 0 radical (unpaired) electrons. The number of nitrogens with one attached hydrogen (secondary N) is 1. The molecule has 0 spiro atoms. The molecule has 0 bridgehead atoms. The van der Waals surface area contributed by atoms with E-state index in [1.807, 2.05) is 13.8 Å². The second-order valence-corrected chi connectivity index (χ2v) is 6.15. The maximum Gasteiger partial charge on any atom is 0.247 e. The highest BCUT2D eigenvalue weighted by Crippen LogP contribution is 2.26. The SMILES string of the molecule is CCC(C)N1C(=O)CC(NC2CCCCC2C)C1=O. The van der Waals surface area contributed by atoms with Crippen molar-refractivity contribution in [2.45, 2.75) is 77.4 Å². The van der Waals surface area contributed by atoms with Gasteiger partial charge in [-0.2, -0.15) is 0 Å². The van der Waals surface area contributed by atoms with Crippen molar-refractivity contribution >= 4 is 11.8 Å². The number of likely N-dealkylation sites (tertiary alicyclic amines) is 1. The number of nitrogens with zero attached hydrogens (tertiary/aromatic N) is 1. The van der Waals surface area contributed by atoms with Crippen molar-refractivity contribution in [3.63, 3.8) is 0 Å². The van der Waals surface area contributed by atoms with Crippen LogP contribution in [-0.4, -0.2) is 34.8 Å². The normalized spacial score (nSPS) is 33.8. The summed E-state index contributed by atoms with van der Waals surface area (Å²) in [5, 5.41) is 3.44. The highest BCUT2D eigenvalue weighted by Gasteiger charge is 2.41. The fraction of sp³-hybridized carbons (Fsp3) is 0.867. The van der Waals surface area contributed by atoms with Crippen LogP contribution in [0.4, 0.5) is 0 Å². The summed E-state index contributed by atoms with van der Waals surface area (Å²) >= 11 is 0. The third-order valence-electron chi connectivity index (χ3n) is 4.74. The number of rotatable bonds is 4. The molecule has 4 atom stereocenters. The lowest BCUT2D eigenvalue weighted by Gasteiger charge is -2.31. The van der Waals surface area contributed by atoms with Crippen molar-refractivity contribution in [1.82, 2.24) is 10.2 Å². The molecule has 2 aliphatic rings. The van der Waals surface area contributed by atoms with E-state index in [-0.39, 0.29) is 23.9 Å². The van der Waals surface area contributed by atoms with Gasteiger partial charge in [-0.3, -0.25) is 14.5 Å². The number of hydrogen-bond acceptors (Lipinski definition) is 3. The van der Waals surface area contributed by atoms with E-state index in [2.05, 4.69) is 12.2 Å². The van der Waals surface area contributed by atoms with Crippen molar-refractivity contribution in [3.05, 3.63) is 0 Å². The summed E-state index contributed by atoms with van der Waals surface area (Å²) in [7, 11) is 0. The zero-order chi connectivity index (χ0) is 14.0. The largest absolute Gasteiger partial charge is 0.302 e. The predicted molar refractivity (Wildman–Crippen MR) is 74.6 cm³/mol. The number of carbonyl (C=O) groups excluding carboxylic acids is 2. The highest BCUT2D eigenvalue weighted by atomic mass is 16.2. The van der Waals surface area contributed by atoms with E-state index in [0.717, 1.165) is 12.8 Å². The highest BCUT2D eigenvalue weighted by molar-refractivity contribution is 6.05. The maximum atomic E-state index is 12.3. The fourth-order valence-electron chi connectivity index (χ4n) is 3.25. The van der Waals surface area contributed by atoms with E-state index in [0.29, 0.717) is 18.4 Å². The molecule has 108 valence electrons. The Bertz CT molecular complexity index is 356. The summed E-state index contributed by atoms with van der Waals surface area (Å²) in [6.07, 6.45) is 6.03. The second-order valence-electron chi connectivity index (χ2n) is 6.15. The molecule has 0 aromatic rings. The molecular formula is C15H26N2O2. The lowest BCUT2D eigenvalue weighted by atomic mass is 9.85. The third-order valence-corrected chi connectivity index (χ3v) is 4.74. The van der Waals surface area contributed by atoms with Gasteiger partial charge in [-0.05, 0) is 32.1 Å². The Balaban J connectivity index is 1.98. The van der Waals surface area contributed by atoms with E-state index >= 15 is 0 Å². The molecule has 2 amide bonds. The molecule has 1 saturated carbocycles. The Morgan fingerprint density at radius 1 is 1.32 bits per heavy atom. The molecule has 1 heterocycles. The van der Waals surface area contributed by atoms with Crippen molar-refractivity contribution in [1.29, 1.82) is 0 Å². The molecule has 2 fully saturated rings. The van der Waals surface area contributed by atoms with Crippen LogP contribution in [0.5, 0.6) is 0 Å². The van der Waals surface area contributed by atoms with Gasteiger partial charge >= 0.3 is 0 Å². The molecule has 1 aliphatic carbocycles. The van der Waals surface area contributed by atoms with Crippen molar-refractivity contribution in [2.24, 2.45) is 5.92 Å². The van der Waals surface area contributed by atoms with Crippen LogP contribution in [0.2, 0.25) is 0 Å². The van der Waals surface area contributed by atoms with Gasteiger partial charge in [-0.25, -0.2) is 0 Å². The van der Waals surface area contributed by atoms with Gasteiger partial charge in [-0.15, -0.1) is 0 Å². The fourth-order valence-corrected chi connectivity index (χ4v) is 3.25. The Kier molecular flexibility index (Phi) is 4.61. The average molecular weight is 266 g/mol. The standard InChI is InChI=1S/C15H26N2O2/c1-4-11(3)17-14(18)9-13(15(17)19)16-12-8-6-5-7-10(12)2/h10-13,16H,4-9H2,1-3H3. The molecule has 0 aromatic carbocycles. The maximum absolute atomic E-state index is 12.3. The van der Waals surface area contributed by atoms with Crippen LogP contribution in [0.3, 0.4) is 0 Å². The molecule has 2 rings (SSSR count). The summed E-state index contributed by atoms with van der Waals surface area (Å²) in [4.78, 5) is 25.8. The Hall–Kier alpha value is -0.900. The lowest BCUT2D eigenvalue weighted by Crippen LogP contribution is -2.48. The average Bonchev–Trinajstić information content (AvgIpc) is 2.66. The van der Waals surface area contributed by atoms with Crippen molar-refractivity contribution in [2.75, 3.05) is 0 Å². The topological polar surface area (TPSA) is 49.4 Å². The van der Waals surface area contributed by atoms with Gasteiger partial charge < -0.3 is 5.32 Å². The van der Waals surface area contributed by atoms with Gasteiger partial charge in [0.2, 0.25) is 11.8 Å². The van der Waals surface area contributed by atoms with Crippen LogP contribution in [-0.2, 0) is 9.59 Å². The monoisotopic (exact) mass is 266 g/mol. The summed E-state index contributed by atoms with van der Waals surface area (Å²) in [6.45, 7) is 6.20. The van der Waals surface area contributed by atoms with E-state index in [4.69, 9.17) is 0 Å². The first kappa shape index (κ1) is 14.5. The molecule has 1 saturated heterocycles. The molecule has 4 nitrogen and oxygen atoms in total. The molecule has 1 N–H and O–H groups in total. The zero-order valence-electron chi connectivity index (χ0n) is 12.3. The first-order valence-corrected chi connectivity index (χ1v) is 7.66. The molecule has 4 unspecified atom stereocenters.